The molecule has 1 unspecified atom stereocenters. The van der Waals surface area contributed by atoms with Crippen LogP contribution in [0, 0.1) is 17.1 Å². The first-order valence-electron chi connectivity index (χ1n) is 6.81. The molecule has 3 nitrogen and oxygen atoms in total. The molecule has 1 aliphatic heterocycles. The highest BCUT2D eigenvalue weighted by Crippen LogP contribution is 2.42. The molecule has 1 saturated carbocycles. The Kier molecular flexibility index (Phi) is 3.16. The van der Waals surface area contributed by atoms with E-state index in [0.29, 0.717) is 11.6 Å². The summed E-state index contributed by atoms with van der Waals surface area (Å²) in [4.78, 5) is 0. The Morgan fingerprint density at radius 1 is 1.42 bits per heavy atom. The third-order valence-corrected chi connectivity index (χ3v) is 4.22. The summed E-state index contributed by atoms with van der Waals surface area (Å²) in [7, 11) is 0. The summed E-state index contributed by atoms with van der Waals surface area (Å²) in [5.41, 5.74) is 1.17. The zero-order chi connectivity index (χ0) is 13.3. The maximum atomic E-state index is 13.1. The van der Waals surface area contributed by atoms with Crippen LogP contribution in [0.3, 0.4) is 0 Å². The van der Waals surface area contributed by atoms with Crippen molar-refractivity contribution in [2.75, 3.05) is 11.9 Å². The largest absolute Gasteiger partial charge is 0.381 e. The van der Waals surface area contributed by atoms with E-state index in [0.717, 1.165) is 38.0 Å². The van der Waals surface area contributed by atoms with Crippen molar-refractivity contribution in [3.63, 3.8) is 0 Å². The van der Waals surface area contributed by atoms with Crippen molar-refractivity contribution >= 4 is 5.69 Å². The van der Waals surface area contributed by atoms with Gasteiger partial charge in [-0.25, -0.2) is 4.39 Å². The Hall–Kier alpha value is -1.60. The maximum Gasteiger partial charge on any atom is 0.124 e. The Bertz CT molecular complexity index is 519. The quantitative estimate of drug-likeness (QED) is 0.888. The molecule has 0 amide bonds. The van der Waals surface area contributed by atoms with Gasteiger partial charge in [0, 0.05) is 12.6 Å². The Morgan fingerprint density at radius 3 is 2.95 bits per heavy atom. The van der Waals surface area contributed by atoms with Crippen molar-refractivity contribution < 1.29 is 9.13 Å². The first-order valence-corrected chi connectivity index (χ1v) is 6.81. The van der Waals surface area contributed by atoms with Crippen LogP contribution in [0.25, 0.3) is 0 Å². The third kappa shape index (κ3) is 2.43. The lowest BCUT2D eigenvalue weighted by Gasteiger charge is -2.47. The molecule has 2 aliphatic rings. The number of ether oxygens (including phenoxy) is 1. The van der Waals surface area contributed by atoms with Gasteiger partial charge in [-0.3, -0.25) is 0 Å². The molecule has 1 aromatic rings. The minimum absolute atomic E-state index is 0.0722. The van der Waals surface area contributed by atoms with E-state index < -0.39 is 0 Å². The zero-order valence-electron chi connectivity index (χ0n) is 10.8. The fraction of sp³-hybridized carbons (Fsp3) is 0.533. The van der Waals surface area contributed by atoms with Crippen molar-refractivity contribution in [3.8, 4) is 6.07 Å². The summed E-state index contributed by atoms with van der Waals surface area (Å²) < 4.78 is 19.0. The molecule has 0 bridgehead atoms. The molecule has 1 heterocycles. The molecule has 1 saturated heterocycles. The molecule has 4 heteroatoms. The number of anilines is 1. The van der Waals surface area contributed by atoms with Gasteiger partial charge in [-0.1, -0.05) is 0 Å². The molecule has 0 radical (unpaired) electrons. The average molecular weight is 260 g/mol. The summed E-state index contributed by atoms with van der Waals surface area (Å²) in [6.07, 6.45) is 5.44. The van der Waals surface area contributed by atoms with Crippen molar-refractivity contribution in [1.29, 1.82) is 5.26 Å². The number of hydrogen-bond acceptors (Lipinski definition) is 3. The zero-order valence-corrected chi connectivity index (χ0v) is 10.8. The lowest BCUT2D eigenvalue weighted by Crippen LogP contribution is -2.49. The van der Waals surface area contributed by atoms with Crippen LogP contribution in [0.15, 0.2) is 18.2 Å². The van der Waals surface area contributed by atoms with Crippen molar-refractivity contribution in [2.24, 2.45) is 0 Å². The molecular weight excluding hydrogens is 243 g/mol. The van der Waals surface area contributed by atoms with Crippen molar-refractivity contribution in [2.45, 2.75) is 43.7 Å². The van der Waals surface area contributed by atoms with E-state index in [1.807, 2.05) is 6.07 Å². The van der Waals surface area contributed by atoms with E-state index in [9.17, 15) is 4.39 Å². The van der Waals surface area contributed by atoms with Gasteiger partial charge in [0.05, 0.1) is 16.9 Å². The SMILES string of the molecule is N#Cc1cc(F)ccc1NC1CCOC2(CCC2)C1. The molecule has 2 fully saturated rings. The summed E-state index contributed by atoms with van der Waals surface area (Å²) in [6, 6.07) is 6.67. The van der Waals surface area contributed by atoms with Crippen molar-refractivity contribution in [3.05, 3.63) is 29.6 Å². The van der Waals surface area contributed by atoms with Crippen LogP contribution in [0.4, 0.5) is 10.1 Å². The Morgan fingerprint density at radius 2 is 2.26 bits per heavy atom. The number of nitrogens with one attached hydrogen (secondary N) is 1. The number of nitriles is 1. The van der Waals surface area contributed by atoms with Crippen LogP contribution in [-0.4, -0.2) is 18.2 Å². The van der Waals surface area contributed by atoms with Crippen LogP contribution < -0.4 is 5.32 Å². The van der Waals surface area contributed by atoms with E-state index in [2.05, 4.69) is 5.32 Å². The molecular formula is C15H17FN2O. The average Bonchev–Trinajstić information content (AvgIpc) is 2.39. The third-order valence-electron chi connectivity index (χ3n) is 4.22. The highest BCUT2D eigenvalue weighted by molar-refractivity contribution is 5.58. The standard InChI is InChI=1S/C15H17FN2O/c16-12-2-3-14(11(8-12)10-17)18-13-4-7-19-15(9-13)5-1-6-15/h2-3,8,13,18H,1,4-7,9H2. The van der Waals surface area contributed by atoms with E-state index in [-0.39, 0.29) is 11.4 Å². The van der Waals surface area contributed by atoms with Gasteiger partial charge >= 0.3 is 0 Å². The first-order chi connectivity index (χ1) is 9.21. The highest BCUT2D eigenvalue weighted by Gasteiger charge is 2.42. The summed E-state index contributed by atoms with van der Waals surface area (Å²) in [5, 5.41) is 12.4. The van der Waals surface area contributed by atoms with Crippen LogP contribution in [-0.2, 0) is 4.74 Å². The summed E-state index contributed by atoms with van der Waals surface area (Å²) in [6.45, 7) is 0.765. The number of nitrogens with zero attached hydrogens (tertiary/aromatic N) is 1. The molecule has 1 N–H and O–H groups in total. The topological polar surface area (TPSA) is 45.0 Å². The summed E-state index contributed by atoms with van der Waals surface area (Å²) in [5.74, 6) is -0.371. The fourth-order valence-electron chi connectivity index (χ4n) is 3.03. The summed E-state index contributed by atoms with van der Waals surface area (Å²) >= 11 is 0. The number of hydrogen-bond donors (Lipinski definition) is 1. The molecule has 100 valence electrons. The monoisotopic (exact) mass is 260 g/mol. The number of rotatable bonds is 2. The molecule has 0 aromatic heterocycles. The molecule has 1 aliphatic carbocycles. The number of halogens is 1. The van der Waals surface area contributed by atoms with Gasteiger partial charge < -0.3 is 10.1 Å². The van der Waals surface area contributed by atoms with Gasteiger partial charge in [0.25, 0.3) is 0 Å². The maximum absolute atomic E-state index is 13.1. The first kappa shape index (κ1) is 12.4. The predicted octanol–water partition coefficient (Wildman–Crippen LogP) is 3.21. The van der Waals surface area contributed by atoms with Crippen LogP contribution >= 0.6 is 0 Å². The molecule has 1 spiro atoms. The second kappa shape index (κ2) is 4.82. The molecule has 1 aromatic carbocycles. The van der Waals surface area contributed by atoms with E-state index in [1.165, 1.54) is 18.6 Å². The lowest BCUT2D eigenvalue weighted by atomic mass is 9.74. The Balaban J connectivity index is 1.73. The van der Waals surface area contributed by atoms with Crippen molar-refractivity contribution in [1.82, 2.24) is 0 Å². The normalized spacial score (nSPS) is 24.5. The van der Waals surface area contributed by atoms with Gasteiger partial charge in [0.15, 0.2) is 0 Å². The molecule has 1 atom stereocenters. The predicted molar refractivity (Wildman–Crippen MR) is 70.3 cm³/mol. The van der Waals surface area contributed by atoms with E-state index in [4.69, 9.17) is 10.00 Å². The lowest BCUT2D eigenvalue weighted by molar-refractivity contribution is -0.130. The minimum Gasteiger partial charge on any atom is -0.381 e. The van der Waals surface area contributed by atoms with Gasteiger partial charge in [-0.15, -0.1) is 0 Å². The van der Waals surface area contributed by atoms with Crippen LogP contribution in [0.2, 0.25) is 0 Å². The van der Waals surface area contributed by atoms with Gasteiger partial charge in [0.2, 0.25) is 0 Å². The molecule has 3 rings (SSSR count). The van der Waals surface area contributed by atoms with Crippen LogP contribution in [0.1, 0.15) is 37.7 Å². The highest BCUT2D eigenvalue weighted by atomic mass is 19.1. The minimum atomic E-state index is -0.371. The fourth-order valence-corrected chi connectivity index (χ4v) is 3.03. The van der Waals surface area contributed by atoms with E-state index in [1.54, 1.807) is 6.07 Å². The van der Waals surface area contributed by atoms with Crippen LogP contribution in [0.5, 0.6) is 0 Å². The molecule has 19 heavy (non-hydrogen) atoms. The van der Waals surface area contributed by atoms with E-state index >= 15 is 0 Å². The smallest absolute Gasteiger partial charge is 0.124 e. The Labute approximate surface area is 112 Å². The van der Waals surface area contributed by atoms with Gasteiger partial charge in [-0.05, 0) is 50.3 Å². The van der Waals surface area contributed by atoms with Gasteiger partial charge in [-0.2, -0.15) is 5.26 Å². The second-order valence-corrected chi connectivity index (χ2v) is 5.52. The number of benzene rings is 1. The second-order valence-electron chi connectivity index (χ2n) is 5.52. The van der Waals surface area contributed by atoms with Gasteiger partial charge in [0.1, 0.15) is 11.9 Å².